The summed E-state index contributed by atoms with van der Waals surface area (Å²) < 4.78 is 18.8. The van der Waals surface area contributed by atoms with Crippen LogP contribution in [0.3, 0.4) is 0 Å². The molecule has 0 radical (unpaired) electrons. The third kappa shape index (κ3) is 14.1. The Morgan fingerprint density at radius 1 is 0.825 bits per heavy atom. The van der Waals surface area contributed by atoms with Gasteiger partial charge in [-0.1, -0.05) is 115 Å². The highest BCUT2D eigenvalue weighted by atomic mass is 35.5. The van der Waals surface area contributed by atoms with Crippen LogP contribution in [0.25, 0.3) is 16.7 Å². The van der Waals surface area contributed by atoms with Crippen molar-refractivity contribution in [3.63, 3.8) is 0 Å². The Balaban J connectivity index is 1.25. The molecule has 312 valence electrons. The first-order chi connectivity index (χ1) is 27.6. The maximum atomic E-state index is 13.9. The van der Waals surface area contributed by atoms with E-state index in [0.717, 1.165) is 17.5 Å². The number of methoxy groups -OCH3 is 1. The van der Waals surface area contributed by atoms with Crippen LogP contribution < -0.4 is 15.4 Å². The second kappa shape index (κ2) is 24.3. The van der Waals surface area contributed by atoms with Crippen LogP contribution in [-0.2, 0) is 9.47 Å². The highest BCUT2D eigenvalue weighted by molar-refractivity contribution is 6.32. The number of hydrogen-bond acceptors (Lipinski definition) is 9. The minimum atomic E-state index is -0.709. The minimum absolute atomic E-state index is 0.0619. The highest BCUT2D eigenvalue weighted by Gasteiger charge is 2.26. The molecule has 4 rings (SSSR count). The molecule has 0 saturated heterocycles. The van der Waals surface area contributed by atoms with Crippen LogP contribution in [0.5, 0.6) is 5.88 Å². The molecule has 2 N–H and O–H groups in total. The van der Waals surface area contributed by atoms with Crippen LogP contribution >= 0.6 is 11.6 Å². The molecule has 14 heteroatoms. The van der Waals surface area contributed by atoms with Crippen molar-refractivity contribution in [1.82, 2.24) is 29.9 Å². The Morgan fingerprint density at radius 3 is 2.05 bits per heavy atom. The molecule has 0 bridgehead atoms. The van der Waals surface area contributed by atoms with Gasteiger partial charge in [-0.2, -0.15) is 9.78 Å². The zero-order chi connectivity index (χ0) is 41.0. The largest absolute Gasteiger partial charge is 0.480 e. The number of anilines is 1. The Morgan fingerprint density at radius 2 is 1.46 bits per heavy atom. The predicted octanol–water partition coefficient (Wildman–Crippen LogP) is 10.2. The molecule has 0 saturated carbocycles. The number of fused-ring (bicyclic) bond motifs is 1. The van der Waals surface area contributed by atoms with Gasteiger partial charge in [-0.25, -0.2) is 14.5 Å². The monoisotopic (exact) mass is 807 g/mol. The molecule has 2 amide bonds. The number of aromatic nitrogens is 5. The first kappa shape index (κ1) is 45.2. The van der Waals surface area contributed by atoms with Crippen molar-refractivity contribution in [3.05, 3.63) is 58.5 Å². The average Bonchev–Trinajstić information content (AvgIpc) is 3.82. The summed E-state index contributed by atoms with van der Waals surface area (Å²) >= 11 is 6.39. The Hall–Kier alpha value is -4.49. The smallest absolute Gasteiger partial charge is 0.434 e. The lowest BCUT2D eigenvalue weighted by Gasteiger charge is -2.16. The van der Waals surface area contributed by atoms with Crippen LogP contribution in [0.2, 0.25) is 5.02 Å². The fourth-order valence-electron chi connectivity index (χ4n) is 6.72. The normalized spacial score (nSPS) is 11.4. The number of unbranched alkanes of at least 4 members (excludes halogenated alkanes) is 15. The van der Waals surface area contributed by atoms with Gasteiger partial charge in [-0.3, -0.25) is 9.59 Å². The van der Waals surface area contributed by atoms with Crippen molar-refractivity contribution in [2.24, 2.45) is 0 Å². The summed E-state index contributed by atoms with van der Waals surface area (Å²) in [6.45, 7) is 8.62. The average molecular weight is 808 g/mol. The quantitative estimate of drug-likeness (QED) is 0.0591. The van der Waals surface area contributed by atoms with E-state index in [2.05, 4.69) is 32.7 Å². The van der Waals surface area contributed by atoms with Crippen LogP contribution in [0.1, 0.15) is 150 Å². The van der Waals surface area contributed by atoms with Gasteiger partial charge in [0.1, 0.15) is 17.8 Å². The van der Waals surface area contributed by atoms with Gasteiger partial charge in [0.05, 0.1) is 30.0 Å². The van der Waals surface area contributed by atoms with Crippen molar-refractivity contribution in [2.75, 3.05) is 32.2 Å². The molecule has 13 nitrogen and oxygen atoms in total. The maximum Gasteiger partial charge on any atom is 0.434 e. The van der Waals surface area contributed by atoms with Gasteiger partial charge in [-0.05, 0) is 51.0 Å². The zero-order valence-electron chi connectivity index (χ0n) is 34.5. The SMILES string of the molecule is CCCCCCCCCCCCCCCCCCOCCOC(=O)n1cc2cc(C)c(NC(=O)c3cc(OC)nn3-c3ncccc3Cl)c(C(=O)NC(C)C)c2n1. The molecule has 0 aliphatic heterocycles. The number of benzene rings is 1. The summed E-state index contributed by atoms with van der Waals surface area (Å²) in [4.78, 5) is 44.9. The number of rotatable bonds is 26. The summed E-state index contributed by atoms with van der Waals surface area (Å²) in [7, 11) is 1.43. The lowest BCUT2D eigenvalue weighted by Crippen LogP contribution is -2.31. The molecular weight excluding hydrogens is 746 g/mol. The van der Waals surface area contributed by atoms with Crippen LogP contribution in [0.4, 0.5) is 10.5 Å². The lowest BCUT2D eigenvalue weighted by atomic mass is 10.0. The van der Waals surface area contributed by atoms with Crippen LogP contribution in [0.15, 0.2) is 36.7 Å². The van der Waals surface area contributed by atoms with Gasteiger partial charge >= 0.3 is 6.09 Å². The number of ether oxygens (including phenoxy) is 3. The number of carbonyl (C=O) groups excluding carboxylic acids is 3. The second-order valence-corrected chi connectivity index (χ2v) is 15.3. The van der Waals surface area contributed by atoms with Crippen molar-refractivity contribution >= 4 is 46.1 Å². The lowest BCUT2D eigenvalue weighted by molar-refractivity contribution is 0.0703. The van der Waals surface area contributed by atoms with E-state index in [4.69, 9.17) is 25.8 Å². The number of hydrogen-bond donors (Lipinski definition) is 2. The highest BCUT2D eigenvalue weighted by Crippen LogP contribution is 2.31. The number of amides is 2. The summed E-state index contributed by atoms with van der Waals surface area (Å²) in [6.07, 6.45) is 23.4. The number of pyridine rings is 1. The zero-order valence-corrected chi connectivity index (χ0v) is 35.3. The fraction of sp³-hybridized carbons (Fsp3) is 0.581. The molecule has 0 aliphatic carbocycles. The van der Waals surface area contributed by atoms with Crippen LogP contribution in [-0.4, -0.2) is 75.4 Å². The van der Waals surface area contributed by atoms with Crippen LogP contribution in [0, 0.1) is 6.92 Å². The molecule has 0 aliphatic rings. The van der Waals surface area contributed by atoms with Crippen molar-refractivity contribution in [2.45, 2.75) is 136 Å². The van der Waals surface area contributed by atoms with Gasteiger partial charge in [0.25, 0.3) is 11.8 Å². The van der Waals surface area contributed by atoms with Crippen molar-refractivity contribution < 1.29 is 28.6 Å². The van der Waals surface area contributed by atoms with E-state index < -0.39 is 17.9 Å². The van der Waals surface area contributed by atoms with E-state index in [1.807, 2.05) is 13.8 Å². The number of nitrogens with zero attached hydrogens (tertiary/aromatic N) is 5. The Labute approximate surface area is 342 Å². The first-order valence-electron chi connectivity index (χ1n) is 20.8. The molecular formula is C43H62ClN7O6. The standard InChI is InChI=1S/C43H62ClN7O6/c1-6-7-8-9-10-11-12-13-14-15-16-17-18-19-20-21-25-56-26-27-57-43(54)50-30-33-28-32(4)38(37(39(33)49-50)42(53)46-31(2)3)47-41(52)35-29-36(55-5)48-51(35)40-34(44)23-22-24-45-40/h22-24,28-31H,6-21,25-27H2,1-5H3,(H,46,53)(H,47,52). The van der Waals surface area contributed by atoms with E-state index in [9.17, 15) is 14.4 Å². The number of carbonyl (C=O) groups is 3. The van der Waals surface area contributed by atoms with E-state index in [1.54, 1.807) is 25.1 Å². The summed E-state index contributed by atoms with van der Waals surface area (Å²) in [5, 5.41) is 15.3. The molecule has 0 unspecified atom stereocenters. The Bertz CT molecular complexity index is 1870. The minimum Gasteiger partial charge on any atom is -0.480 e. The summed E-state index contributed by atoms with van der Waals surface area (Å²) in [6, 6.07) is 6.25. The third-order valence-electron chi connectivity index (χ3n) is 9.73. The third-order valence-corrected chi connectivity index (χ3v) is 10.0. The topological polar surface area (TPSA) is 151 Å². The molecule has 3 aromatic heterocycles. The van der Waals surface area contributed by atoms with Crippen molar-refractivity contribution in [1.29, 1.82) is 0 Å². The van der Waals surface area contributed by atoms with Gasteiger partial charge in [-0.15, -0.1) is 5.10 Å². The number of halogens is 1. The molecule has 0 spiro atoms. The summed E-state index contributed by atoms with van der Waals surface area (Å²) in [5.74, 6) is -0.698. The number of aryl methyl sites for hydroxylation is 1. The van der Waals surface area contributed by atoms with Gasteiger partial charge in [0.15, 0.2) is 5.82 Å². The van der Waals surface area contributed by atoms with Gasteiger partial charge < -0.3 is 24.8 Å². The molecule has 1 aromatic carbocycles. The molecule has 4 aromatic rings. The predicted molar refractivity (Wildman–Crippen MR) is 225 cm³/mol. The van der Waals surface area contributed by atoms with Gasteiger partial charge in [0, 0.05) is 36.5 Å². The summed E-state index contributed by atoms with van der Waals surface area (Å²) in [5.41, 5.74) is 1.15. The molecule has 3 heterocycles. The van der Waals surface area contributed by atoms with Gasteiger partial charge in [0.2, 0.25) is 5.88 Å². The van der Waals surface area contributed by atoms with E-state index >= 15 is 0 Å². The second-order valence-electron chi connectivity index (χ2n) is 14.9. The van der Waals surface area contributed by atoms with E-state index in [1.165, 1.54) is 120 Å². The molecule has 57 heavy (non-hydrogen) atoms. The first-order valence-corrected chi connectivity index (χ1v) is 21.2. The molecule has 0 atom stereocenters. The number of nitrogens with one attached hydrogen (secondary N) is 2. The van der Waals surface area contributed by atoms with Crippen molar-refractivity contribution in [3.8, 4) is 11.7 Å². The van der Waals surface area contributed by atoms with E-state index in [-0.39, 0.29) is 58.4 Å². The fourth-order valence-corrected chi connectivity index (χ4v) is 6.92. The molecule has 0 fully saturated rings. The maximum absolute atomic E-state index is 13.9. The Kier molecular flexibility index (Phi) is 19.3. The van der Waals surface area contributed by atoms with E-state index in [0.29, 0.717) is 17.6 Å².